The highest BCUT2D eigenvalue weighted by Gasteiger charge is 2.04. The molecule has 62 valence electrons. The standard InChI is InChI=1S/C5H6N6S/c6-5-4(9-10-12-5)1-11-3-7-2-8-11/h2-3H,1,6H2. The molecule has 0 spiro atoms. The molecule has 6 nitrogen and oxygen atoms in total. The zero-order valence-corrected chi connectivity index (χ0v) is 6.90. The van der Waals surface area contributed by atoms with Crippen LogP contribution in [0.25, 0.3) is 0 Å². The van der Waals surface area contributed by atoms with Gasteiger partial charge in [0, 0.05) is 11.5 Å². The Labute approximate surface area is 72.2 Å². The molecule has 0 amide bonds. The van der Waals surface area contributed by atoms with E-state index in [-0.39, 0.29) is 0 Å². The first-order valence-corrected chi connectivity index (χ1v) is 4.02. The van der Waals surface area contributed by atoms with Gasteiger partial charge < -0.3 is 5.73 Å². The summed E-state index contributed by atoms with van der Waals surface area (Å²) in [5.41, 5.74) is 6.33. The van der Waals surface area contributed by atoms with Crippen molar-refractivity contribution in [3.8, 4) is 0 Å². The minimum Gasteiger partial charge on any atom is -0.388 e. The fourth-order valence-corrected chi connectivity index (χ4v) is 1.23. The molecular weight excluding hydrogens is 176 g/mol. The average molecular weight is 182 g/mol. The third kappa shape index (κ3) is 1.26. The van der Waals surface area contributed by atoms with Crippen LogP contribution < -0.4 is 5.73 Å². The zero-order chi connectivity index (χ0) is 8.39. The highest BCUT2D eigenvalue weighted by atomic mass is 32.1. The smallest absolute Gasteiger partial charge is 0.137 e. The van der Waals surface area contributed by atoms with Crippen molar-refractivity contribution in [2.24, 2.45) is 0 Å². The molecular formula is C5H6N6S. The van der Waals surface area contributed by atoms with E-state index in [1.807, 2.05) is 0 Å². The second-order valence-electron chi connectivity index (χ2n) is 2.18. The Kier molecular flexibility index (Phi) is 1.71. The Morgan fingerprint density at radius 2 is 2.50 bits per heavy atom. The quantitative estimate of drug-likeness (QED) is 0.693. The number of hydrogen-bond acceptors (Lipinski definition) is 6. The van der Waals surface area contributed by atoms with Crippen molar-refractivity contribution in [1.82, 2.24) is 24.4 Å². The van der Waals surface area contributed by atoms with Gasteiger partial charge in [0.25, 0.3) is 0 Å². The minimum atomic E-state index is 0.530. The van der Waals surface area contributed by atoms with Crippen LogP contribution in [0.15, 0.2) is 12.7 Å². The van der Waals surface area contributed by atoms with Crippen LogP contribution in [0.3, 0.4) is 0 Å². The molecule has 0 saturated carbocycles. The average Bonchev–Trinajstić information content (AvgIpc) is 2.65. The van der Waals surface area contributed by atoms with Gasteiger partial charge in [0.05, 0.1) is 6.54 Å². The van der Waals surface area contributed by atoms with Gasteiger partial charge in [-0.05, 0) is 0 Å². The lowest BCUT2D eigenvalue weighted by Crippen LogP contribution is -2.02. The number of rotatable bonds is 2. The maximum absolute atomic E-state index is 5.59. The van der Waals surface area contributed by atoms with Gasteiger partial charge in [-0.2, -0.15) is 5.10 Å². The lowest BCUT2D eigenvalue weighted by molar-refractivity contribution is 0.670. The molecule has 0 aliphatic heterocycles. The molecule has 2 rings (SSSR count). The molecule has 2 aromatic heterocycles. The summed E-state index contributed by atoms with van der Waals surface area (Å²) in [5, 5.41) is 8.39. The number of nitrogens with two attached hydrogens (primary N) is 1. The summed E-state index contributed by atoms with van der Waals surface area (Å²) < 4.78 is 5.35. The second-order valence-corrected chi connectivity index (χ2v) is 2.96. The van der Waals surface area contributed by atoms with Crippen LogP contribution in [0.4, 0.5) is 5.00 Å². The number of hydrogen-bond donors (Lipinski definition) is 1. The lowest BCUT2D eigenvalue weighted by Gasteiger charge is -1.95. The van der Waals surface area contributed by atoms with E-state index in [1.165, 1.54) is 17.9 Å². The molecule has 0 atom stereocenters. The minimum absolute atomic E-state index is 0.530. The molecule has 0 radical (unpaired) electrons. The number of nitrogen functional groups attached to an aromatic ring is 1. The first-order valence-electron chi connectivity index (χ1n) is 3.25. The lowest BCUT2D eigenvalue weighted by atomic mass is 10.5. The predicted octanol–water partition coefficient (Wildman–Crippen LogP) is -0.240. The largest absolute Gasteiger partial charge is 0.388 e. The Bertz CT molecular complexity index is 352. The maximum atomic E-state index is 5.59. The summed E-state index contributed by atoms with van der Waals surface area (Å²) in [6.45, 7) is 0.530. The van der Waals surface area contributed by atoms with Gasteiger partial charge in [0.1, 0.15) is 23.3 Å². The van der Waals surface area contributed by atoms with Crippen LogP contribution in [-0.2, 0) is 6.54 Å². The van der Waals surface area contributed by atoms with E-state index >= 15 is 0 Å². The van der Waals surface area contributed by atoms with Gasteiger partial charge in [-0.15, -0.1) is 5.10 Å². The van der Waals surface area contributed by atoms with Gasteiger partial charge in [0.2, 0.25) is 0 Å². The Balaban J connectivity index is 2.20. The molecule has 0 unspecified atom stereocenters. The van der Waals surface area contributed by atoms with E-state index in [1.54, 1.807) is 11.0 Å². The van der Waals surface area contributed by atoms with Crippen molar-refractivity contribution in [2.75, 3.05) is 5.73 Å². The first kappa shape index (κ1) is 7.17. The van der Waals surface area contributed by atoms with Crippen LogP contribution in [0, 0.1) is 0 Å². The molecule has 7 heteroatoms. The summed E-state index contributed by atoms with van der Waals surface area (Å²) >= 11 is 1.18. The normalized spacial score (nSPS) is 10.3. The molecule has 0 fully saturated rings. The number of nitrogens with zero attached hydrogens (tertiary/aromatic N) is 5. The second kappa shape index (κ2) is 2.86. The molecule has 2 heterocycles. The Hall–Kier alpha value is -1.50. The summed E-state index contributed by atoms with van der Waals surface area (Å²) in [7, 11) is 0. The number of aromatic nitrogens is 5. The topological polar surface area (TPSA) is 82.5 Å². The maximum Gasteiger partial charge on any atom is 0.137 e. The molecule has 0 aliphatic carbocycles. The monoisotopic (exact) mass is 182 g/mol. The van der Waals surface area contributed by atoms with Crippen LogP contribution in [-0.4, -0.2) is 24.4 Å². The van der Waals surface area contributed by atoms with E-state index in [2.05, 4.69) is 19.7 Å². The summed E-state index contributed by atoms with van der Waals surface area (Å²) in [6.07, 6.45) is 3.08. The molecule has 0 aliphatic rings. The van der Waals surface area contributed by atoms with Crippen LogP contribution in [0.2, 0.25) is 0 Å². The summed E-state index contributed by atoms with van der Waals surface area (Å²) in [5.74, 6) is 0. The van der Waals surface area contributed by atoms with E-state index in [9.17, 15) is 0 Å². The Morgan fingerprint density at radius 1 is 1.58 bits per heavy atom. The fourth-order valence-electron chi connectivity index (χ4n) is 0.793. The van der Waals surface area contributed by atoms with E-state index in [4.69, 9.17) is 5.73 Å². The summed E-state index contributed by atoms with van der Waals surface area (Å²) in [6, 6.07) is 0. The van der Waals surface area contributed by atoms with Crippen molar-refractivity contribution in [3.63, 3.8) is 0 Å². The number of anilines is 1. The van der Waals surface area contributed by atoms with Gasteiger partial charge in [-0.3, -0.25) is 0 Å². The van der Waals surface area contributed by atoms with E-state index in [0.29, 0.717) is 11.5 Å². The third-order valence-corrected chi connectivity index (χ3v) is 1.96. The van der Waals surface area contributed by atoms with Crippen molar-refractivity contribution in [3.05, 3.63) is 18.3 Å². The van der Waals surface area contributed by atoms with Crippen molar-refractivity contribution >= 4 is 16.5 Å². The highest BCUT2D eigenvalue weighted by Crippen LogP contribution is 2.12. The van der Waals surface area contributed by atoms with E-state index in [0.717, 1.165) is 5.69 Å². The molecule has 12 heavy (non-hydrogen) atoms. The van der Waals surface area contributed by atoms with Crippen LogP contribution >= 0.6 is 11.5 Å². The zero-order valence-electron chi connectivity index (χ0n) is 6.08. The molecule has 2 aromatic rings. The predicted molar refractivity (Wildman–Crippen MR) is 43.4 cm³/mol. The van der Waals surface area contributed by atoms with Crippen molar-refractivity contribution in [1.29, 1.82) is 0 Å². The van der Waals surface area contributed by atoms with Crippen molar-refractivity contribution < 1.29 is 0 Å². The molecule has 0 bridgehead atoms. The van der Waals surface area contributed by atoms with Gasteiger partial charge >= 0.3 is 0 Å². The molecule has 0 saturated heterocycles. The Morgan fingerprint density at radius 3 is 3.08 bits per heavy atom. The van der Waals surface area contributed by atoms with Crippen LogP contribution in [0.5, 0.6) is 0 Å². The molecule has 2 N–H and O–H groups in total. The third-order valence-electron chi connectivity index (χ3n) is 1.36. The highest BCUT2D eigenvalue weighted by molar-refractivity contribution is 7.09. The molecule has 0 aromatic carbocycles. The van der Waals surface area contributed by atoms with Crippen LogP contribution in [0.1, 0.15) is 5.69 Å². The summed E-state index contributed by atoms with van der Waals surface area (Å²) in [4.78, 5) is 3.80. The van der Waals surface area contributed by atoms with E-state index < -0.39 is 0 Å². The van der Waals surface area contributed by atoms with Gasteiger partial charge in [-0.1, -0.05) is 4.49 Å². The van der Waals surface area contributed by atoms with Gasteiger partial charge in [-0.25, -0.2) is 9.67 Å². The van der Waals surface area contributed by atoms with Crippen molar-refractivity contribution in [2.45, 2.75) is 6.54 Å². The SMILES string of the molecule is Nc1snnc1Cn1cncn1. The first-order chi connectivity index (χ1) is 5.86. The fraction of sp³-hybridized carbons (Fsp3) is 0.200. The van der Waals surface area contributed by atoms with Gasteiger partial charge in [0.15, 0.2) is 0 Å².